The van der Waals surface area contributed by atoms with Gasteiger partial charge in [-0.15, -0.1) is 0 Å². The van der Waals surface area contributed by atoms with Gasteiger partial charge in [0, 0.05) is 36.9 Å². The minimum atomic E-state index is -0.221. The van der Waals surface area contributed by atoms with E-state index in [1.165, 1.54) is 0 Å². The van der Waals surface area contributed by atoms with Crippen molar-refractivity contribution in [2.45, 2.75) is 19.9 Å². The van der Waals surface area contributed by atoms with Gasteiger partial charge in [-0.25, -0.2) is 9.78 Å². The van der Waals surface area contributed by atoms with Gasteiger partial charge in [0.25, 0.3) is 0 Å². The highest BCUT2D eigenvalue weighted by Gasteiger charge is 2.17. The van der Waals surface area contributed by atoms with Crippen LogP contribution < -0.4 is 10.6 Å². The molecule has 1 atom stereocenters. The van der Waals surface area contributed by atoms with E-state index in [4.69, 9.17) is 9.15 Å². The summed E-state index contributed by atoms with van der Waals surface area (Å²) in [5.41, 5.74) is 1.53. The van der Waals surface area contributed by atoms with Crippen LogP contribution in [0.2, 0.25) is 0 Å². The van der Waals surface area contributed by atoms with Crippen LogP contribution in [0.15, 0.2) is 34.9 Å². The summed E-state index contributed by atoms with van der Waals surface area (Å²) in [4.78, 5) is 18.7. The fourth-order valence-electron chi connectivity index (χ4n) is 2.78. The fraction of sp³-hybridized carbons (Fsp3) is 0.444. The number of aryl methyl sites for hydroxylation is 1. The summed E-state index contributed by atoms with van der Waals surface area (Å²) < 4.78 is 10.9. The fourth-order valence-corrected chi connectivity index (χ4v) is 2.78. The van der Waals surface area contributed by atoms with Gasteiger partial charge in [-0.05, 0) is 32.0 Å². The number of morpholine rings is 1. The number of oxazole rings is 1. The van der Waals surface area contributed by atoms with E-state index in [1.807, 2.05) is 31.2 Å². The maximum Gasteiger partial charge on any atom is 0.319 e. The first kappa shape index (κ1) is 17.4. The third kappa shape index (κ3) is 4.80. The molecule has 1 aliphatic rings. The highest BCUT2D eigenvalue weighted by atomic mass is 16.5. The molecule has 1 aromatic heterocycles. The lowest BCUT2D eigenvalue weighted by atomic mass is 10.2. The number of amides is 2. The van der Waals surface area contributed by atoms with Gasteiger partial charge in [0.2, 0.25) is 5.89 Å². The molecule has 25 heavy (non-hydrogen) atoms. The SMILES string of the molecule is Cc1cnc(-c2cccc(NC(=O)NC[C@H](C)N3CCOCC3)c2)o1. The molecule has 0 spiro atoms. The van der Waals surface area contributed by atoms with Gasteiger partial charge >= 0.3 is 6.03 Å². The number of benzene rings is 1. The minimum Gasteiger partial charge on any atom is -0.441 e. The van der Waals surface area contributed by atoms with Crippen molar-refractivity contribution < 1.29 is 13.9 Å². The Bertz CT molecular complexity index is 710. The molecule has 2 heterocycles. The Labute approximate surface area is 147 Å². The molecule has 1 aromatic carbocycles. The van der Waals surface area contributed by atoms with E-state index >= 15 is 0 Å². The smallest absolute Gasteiger partial charge is 0.319 e. The van der Waals surface area contributed by atoms with Crippen molar-refractivity contribution in [1.29, 1.82) is 0 Å². The van der Waals surface area contributed by atoms with Crippen molar-refractivity contribution in [3.63, 3.8) is 0 Å². The Morgan fingerprint density at radius 2 is 2.16 bits per heavy atom. The normalized spacial score (nSPS) is 16.4. The molecule has 2 amide bonds. The van der Waals surface area contributed by atoms with Crippen LogP contribution in [0.4, 0.5) is 10.5 Å². The molecule has 1 fully saturated rings. The predicted octanol–water partition coefficient (Wildman–Crippen LogP) is 2.49. The van der Waals surface area contributed by atoms with Gasteiger partial charge in [0.1, 0.15) is 5.76 Å². The molecule has 1 saturated heterocycles. The van der Waals surface area contributed by atoms with Gasteiger partial charge in [0.15, 0.2) is 0 Å². The number of aromatic nitrogens is 1. The van der Waals surface area contributed by atoms with E-state index in [0.717, 1.165) is 37.6 Å². The van der Waals surface area contributed by atoms with Crippen LogP contribution in [-0.2, 0) is 4.74 Å². The van der Waals surface area contributed by atoms with E-state index in [-0.39, 0.29) is 12.1 Å². The standard InChI is InChI=1S/C18H24N4O3/c1-13(22-6-8-24-9-7-22)11-20-18(23)21-16-5-3-4-15(10-16)17-19-12-14(2)25-17/h3-5,10,12-13H,6-9,11H2,1-2H3,(H2,20,21,23)/t13-/m0/s1. The summed E-state index contributed by atoms with van der Waals surface area (Å²) >= 11 is 0. The lowest BCUT2D eigenvalue weighted by Gasteiger charge is -2.32. The van der Waals surface area contributed by atoms with Crippen LogP contribution in [0.5, 0.6) is 0 Å². The molecular weight excluding hydrogens is 320 g/mol. The minimum absolute atomic E-state index is 0.221. The zero-order valence-electron chi connectivity index (χ0n) is 14.6. The molecule has 0 aliphatic carbocycles. The van der Waals surface area contributed by atoms with E-state index in [1.54, 1.807) is 6.20 Å². The first-order valence-electron chi connectivity index (χ1n) is 8.51. The summed E-state index contributed by atoms with van der Waals surface area (Å²) in [6.45, 7) is 7.86. The van der Waals surface area contributed by atoms with E-state index in [9.17, 15) is 4.79 Å². The summed E-state index contributed by atoms with van der Waals surface area (Å²) in [7, 11) is 0. The second-order valence-electron chi connectivity index (χ2n) is 6.19. The molecule has 0 bridgehead atoms. The third-order valence-electron chi connectivity index (χ3n) is 4.22. The number of hydrogen-bond acceptors (Lipinski definition) is 5. The summed E-state index contributed by atoms with van der Waals surface area (Å²) in [5, 5.41) is 5.77. The predicted molar refractivity (Wildman–Crippen MR) is 95.6 cm³/mol. The molecule has 3 rings (SSSR count). The van der Waals surface area contributed by atoms with Crippen LogP contribution in [0, 0.1) is 6.92 Å². The Balaban J connectivity index is 1.52. The highest BCUT2D eigenvalue weighted by molar-refractivity contribution is 5.89. The van der Waals surface area contributed by atoms with Gasteiger partial charge in [0.05, 0.1) is 19.4 Å². The Hall–Kier alpha value is -2.38. The number of hydrogen-bond donors (Lipinski definition) is 2. The van der Waals surface area contributed by atoms with Gasteiger partial charge in [-0.3, -0.25) is 4.90 Å². The van der Waals surface area contributed by atoms with Crippen LogP contribution in [0.1, 0.15) is 12.7 Å². The highest BCUT2D eigenvalue weighted by Crippen LogP contribution is 2.22. The van der Waals surface area contributed by atoms with Crippen molar-refractivity contribution in [2.24, 2.45) is 0 Å². The number of anilines is 1. The van der Waals surface area contributed by atoms with E-state index in [2.05, 4.69) is 27.4 Å². The number of urea groups is 1. The van der Waals surface area contributed by atoms with E-state index in [0.29, 0.717) is 18.1 Å². The van der Waals surface area contributed by atoms with E-state index < -0.39 is 0 Å². The first-order valence-corrected chi connectivity index (χ1v) is 8.51. The average Bonchev–Trinajstić information content (AvgIpc) is 3.07. The molecule has 2 N–H and O–H groups in total. The van der Waals surface area contributed by atoms with Gasteiger partial charge in [-0.1, -0.05) is 6.07 Å². The van der Waals surface area contributed by atoms with Gasteiger partial charge < -0.3 is 19.8 Å². The zero-order valence-corrected chi connectivity index (χ0v) is 14.6. The molecule has 2 aromatic rings. The summed E-state index contributed by atoms with van der Waals surface area (Å²) in [5.74, 6) is 1.30. The number of carbonyl (C=O) groups is 1. The van der Waals surface area contributed by atoms with Crippen LogP contribution >= 0.6 is 0 Å². The van der Waals surface area contributed by atoms with Crippen molar-refractivity contribution in [3.05, 3.63) is 36.2 Å². The van der Waals surface area contributed by atoms with Crippen molar-refractivity contribution in [2.75, 3.05) is 38.2 Å². The quantitative estimate of drug-likeness (QED) is 0.871. The third-order valence-corrected chi connectivity index (χ3v) is 4.22. The lowest BCUT2D eigenvalue weighted by Crippen LogP contribution is -2.47. The number of nitrogens with zero attached hydrogens (tertiary/aromatic N) is 2. The first-order chi connectivity index (χ1) is 12.1. The molecule has 134 valence electrons. The lowest BCUT2D eigenvalue weighted by molar-refractivity contribution is 0.0209. The monoisotopic (exact) mass is 344 g/mol. The zero-order chi connectivity index (χ0) is 17.6. The number of rotatable bonds is 5. The van der Waals surface area contributed by atoms with Crippen LogP contribution in [-0.4, -0.2) is 54.8 Å². The average molecular weight is 344 g/mol. The largest absolute Gasteiger partial charge is 0.441 e. The molecule has 1 aliphatic heterocycles. The second-order valence-corrected chi connectivity index (χ2v) is 6.19. The summed E-state index contributed by atoms with van der Waals surface area (Å²) in [6, 6.07) is 7.49. The number of nitrogens with one attached hydrogen (secondary N) is 2. The topological polar surface area (TPSA) is 79.6 Å². The molecule has 7 nitrogen and oxygen atoms in total. The Kier molecular flexibility index (Phi) is 5.67. The summed E-state index contributed by atoms with van der Waals surface area (Å²) in [6.07, 6.45) is 1.68. The molecule has 7 heteroatoms. The van der Waals surface area contributed by atoms with Crippen molar-refractivity contribution >= 4 is 11.7 Å². The van der Waals surface area contributed by atoms with Crippen LogP contribution in [0.3, 0.4) is 0 Å². The van der Waals surface area contributed by atoms with Crippen molar-refractivity contribution in [1.82, 2.24) is 15.2 Å². The number of carbonyl (C=O) groups excluding carboxylic acids is 1. The van der Waals surface area contributed by atoms with Crippen LogP contribution in [0.25, 0.3) is 11.5 Å². The van der Waals surface area contributed by atoms with Gasteiger partial charge in [-0.2, -0.15) is 0 Å². The second kappa shape index (κ2) is 8.13. The maximum absolute atomic E-state index is 12.1. The maximum atomic E-state index is 12.1. The molecule has 0 saturated carbocycles. The Morgan fingerprint density at radius 3 is 2.88 bits per heavy atom. The molecule has 0 unspecified atom stereocenters. The number of ether oxygens (including phenoxy) is 1. The molecular formula is C18H24N4O3. The Morgan fingerprint density at radius 1 is 1.36 bits per heavy atom. The van der Waals surface area contributed by atoms with Crippen molar-refractivity contribution in [3.8, 4) is 11.5 Å². The molecule has 0 radical (unpaired) electrons.